The lowest BCUT2D eigenvalue weighted by Crippen LogP contribution is -2.10. The molecule has 3 aromatic rings. The Bertz CT molecular complexity index is 835. The number of allylic oxidation sites excluding steroid dienone is 1. The Balaban J connectivity index is 2.04. The molecule has 0 unspecified atom stereocenters. The minimum atomic E-state index is -0.325. The summed E-state index contributed by atoms with van der Waals surface area (Å²) in [6, 6.07) is 13.2. The second-order valence-corrected chi connectivity index (χ2v) is 5.12. The quantitative estimate of drug-likeness (QED) is 0.546. The summed E-state index contributed by atoms with van der Waals surface area (Å²) in [6.07, 6.45) is 4.48. The van der Waals surface area contributed by atoms with Crippen molar-refractivity contribution in [2.45, 2.75) is 6.92 Å². The van der Waals surface area contributed by atoms with Gasteiger partial charge in [-0.3, -0.25) is 4.79 Å². The van der Waals surface area contributed by atoms with Crippen molar-refractivity contribution in [2.24, 2.45) is 0 Å². The second kappa shape index (κ2) is 6.36. The number of carbonyl (C=O) groups excluding carboxylic acids is 1. The normalized spacial score (nSPS) is 11.5. The Hall–Kier alpha value is -3.08. The molecule has 0 bridgehead atoms. The van der Waals surface area contributed by atoms with E-state index in [1.54, 1.807) is 30.3 Å². The van der Waals surface area contributed by atoms with E-state index in [0.29, 0.717) is 16.8 Å². The smallest absolute Gasteiger partial charge is 0.211 e. The van der Waals surface area contributed by atoms with Gasteiger partial charge in [0.2, 0.25) is 5.78 Å². The maximum atomic E-state index is 13.0. The molecular formula is C18H14FN3O. The van der Waals surface area contributed by atoms with Gasteiger partial charge in [-0.25, -0.2) is 14.1 Å². The van der Waals surface area contributed by atoms with Crippen molar-refractivity contribution in [2.75, 3.05) is 0 Å². The van der Waals surface area contributed by atoms with Crippen LogP contribution in [0.15, 0.2) is 61.2 Å². The van der Waals surface area contributed by atoms with Crippen LogP contribution in [0.5, 0.6) is 0 Å². The molecule has 0 fully saturated rings. The van der Waals surface area contributed by atoms with E-state index in [1.165, 1.54) is 29.5 Å². The Morgan fingerprint density at radius 3 is 2.39 bits per heavy atom. The van der Waals surface area contributed by atoms with E-state index in [9.17, 15) is 9.18 Å². The van der Waals surface area contributed by atoms with Crippen LogP contribution in [0.4, 0.5) is 4.39 Å². The van der Waals surface area contributed by atoms with E-state index in [0.717, 1.165) is 5.56 Å². The van der Waals surface area contributed by atoms with E-state index in [-0.39, 0.29) is 11.6 Å². The van der Waals surface area contributed by atoms with Gasteiger partial charge in [0.25, 0.3) is 0 Å². The average Bonchev–Trinajstić information content (AvgIpc) is 3.08. The summed E-state index contributed by atoms with van der Waals surface area (Å²) in [5.74, 6) is -0.505. The van der Waals surface area contributed by atoms with Crippen LogP contribution < -0.4 is 0 Å². The van der Waals surface area contributed by atoms with Gasteiger partial charge in [-0.15, -0.1) is 0 Å². The molecule has 0 spiro atoms. The van der Waals surface area contributed by atoms with E-state index >= 15 is 0 Å². The number of halogens is 1. The molecule has 0 saturated carbocycles. The Morgan fingerprint density at radius 1 is 1.09 bits per heavy atom. The largest absolute Gasteiger partial charge is 0.287 e. The van der Waals surface area contributed by atoms with Crippen LogP contribution in [0.1, 0.15) is 21.5 Å². The highest BCUT2D eigenvalue weighted by atomic mass is 19.1. The SMILES string of the molecule is Cc1ccc(C(=O)/C(=C/c2ccc(F)cc2)n2cncn2)cc1. The zero-order valence-corrected chi connectivity index (χ0v) is 12.5. The molecule has 4 nitrogen and oxygen atoms in total. The molecule has 0 aliphatic heterocycles. The number of aryl methyl sites for hydroxylation is 1. The van der Waals surface area contributed by atoms with Gasteiger partial charge < -0.3 is 0 Å². The fourth-order valence-electron chi connectivity index (χ4n) is 2.14. The monoisotopic (exact) mass is 307 g/mol. The molecule has 0 saturated heterocycles. The highest BCUT2D eigenvalue weighted by molar-refractivity contribution is 6.27. The Labute approximate surface area is 132 Å². The van der Waals surface area contributed by atoms with Crippen molar-refractivity contribution >= 4 is 17.6 Å². The first kappa shape index (κ1) is 14.8. The van der Waals surface area contributed by atoms with Crippen LogP contribution in [0.3, 0.4) is 0 Å². The van der Waals surface area contributed by atoms with E-state index in [2.05, 4.69) is 10.1 Å². The third kappa shape index (κ3) is 3.40. The van der Waals surface area contributed by atoms with Gasteiger partial charge in [0.1, 0.15) is 24.2 Å². The van der Waals surface area contributed by atoms with Crippen LogP contribution in [-0.2, 0) is 0 Å². The number of nitrogens with zero attached hydrogens (tertiary/aromatic N) is 3. The second-order valence-electron chi connectivity index (χ2n) is 5.12. The summed E-state index contributed by atoms with van der Waals surface area (Å²) in [7, 11) is 0. The van der Waals surface area contributed by atoms with Crippen molar-refractivity contribution in [3.63, 3.8) is 0 Å². The van der Waals surface area contributed by atoms with Gasteiger partial charge in [0.05, 0.1) is 0 Å². The van der Waals surface area contributed by atoms with Gasteiger partial charge in [-0.2, -0.15) is 5.10 Å². The lowest BCUT2D eigenvalue weighted by molar-refractivity contribution is 0.105. The van der Waals surface area contributed by atoms with Crippen LogP contribution in [0, 0.1) is 12.7 Å². The molecule has 5 heteroatoms. The summed E-state index contributed by atoms with van der Waals surface area (Å²) in [4.78, 5) is 16.7. The molecule has 1 heterocycles. The summed E-state index contributed by atoms with van der Waals surface area (Å²) >= 11 is 0. The molecule has 0 radical (unpaired) electrons. The summed E-state index contributed by atoms with van der Waals surface area (Å²) in [5.41, 5.74) is 2.68. The molecule has 114 valence electrons. The number of Topliss-reactive ketones (excluding diaryl/α,β-unsaturated/α-hetero) is 1. The molecule has 0 N–H and O–H groups in total. The minimum Gasteiger partial charge on any atom is -0.287 e. The summed E-state index contributed by atoms with van der Waals surface area (Å²) < 4.78 is 14.5. The number of ketones is 1. The van der Waals surface area contributed by atoms with Gasteiger partial charge in [0.15, 0.2) is 0 Å². The molecule has 0 aliphatic carbocycles. The molecule has 1 aromatic heterocycles. The third-order valence-electron chi connectivity index (χ3n) is 3.39. The first-order valence-electron chi connectivity index (χ1n) is 7.07. The van der Waals surface area contributed by atoms with Crippen molar-refractivity contribution < 1.29 is 9.18 Å². The first-order chi connectivity index (χ1) is 11.1. The number of hydrogen-bond donors (Lipinski definition) is 0. The topological polar surface area (TPSA) is 47.8 Å². The van der Waals surface area contributed by atoms with Crippen LogP contribution >= 0.6 is 0 Å². The van der Waals surface area contributed by atoms with Crippen molar-refractivity contribution in [3.05, 3.63) is 83.7 Å². The number of aromatic nitrogens is 3. The highest BCUT2D eigenvalue weighted by Gasteiger charge is 2.15. The van der Waals surface area contributed by atoms with E-state index < -0.39 is 0 Å². The maximum absolute atomic E-state index is 13.0. The van der Waals surface area contributed by atoms with Crippen molar-refractivity contribution in [3.8, 4) is 0 Å². The third-order valence-corrected chi connectivity index (χ3v) is 3.39. The molecule has 23 heavy (non-hydrogen) atoms. The van der Waals surface area contributed by atoms with Gasteiger partial charge in [-0.05, 0) is 30.7 Å². The molecule has 0 atom stereocenters. The van der Waals surface area contributed by atoms with E-state index in [1.807, 2.05) is 19.1 Å². The molecule has 3 rings (SSSR count). The number of benzene rings is 2. The summed E-state index contributed by atoms with van der Waals surface area (Å²) in [5, 5.41) is 4.04. The average molecular weight is 307 g/mol. The minimum absolute atomic E-state index is 0.181. The van der Waals surface area contributed by atoms with Gasteiger partial charge >= 0.3 is 0 Å². The fourth-order valence-corrected chi connectivity index (χ4v) is 2.14. The van der Waals surface area contributed by atoms with Crippen molar-refractivity contribution in [1.82, 2.24) is 14.8 Å². The fraction of sp³-hybridized carbons (Fsp3) is 0.0556. The molecule has 0 amide bonds. The van der Waals surface area contributed by atoms with Gasteiger partial charge in [-0.1, -0.05) is 42.0 Å². The zero-order chi connectivity index (χ0) is 16.2. The molecule has 2 aromatic carbocycles. The van der Waals surface area contributed by atoms with Crippen LogP contribution in [0.2, 0.25) is 0 Å². The first-order valence-corrected chi connectivity index (χ1v) is 7.07. The number of carbonyl (C=O) groups is 1. The Kier molecular flexibility index (Phi) is 4.10. The summed E-state index contributed by atoms with van der Waals surface area (Å²) in [6.45, 7) is 1.96. The number of rotatable bonds is 4. The molecule has 0 aliphatic rings. The lowest BCUT2D eigenvalue weighted by Gasteiger charge is -2.07. The lowest BCUT2D eigenvalue weighted by atomic mass is 10.0. The van der Waals surface area contributed by atoms with Crippen molar-refractivity contribution in [1.29, 1.82) is 0 Å². The predicted molar refractivity (Wildman–Crippen MR) is 86.1 cm³/mol. The number of hydrogen-bond acceptors (Lipinski definition) is 3. The maximum Gasteiger partial charge on any atom is 0.211 e. The highest BCUT2D eigenvalue weighted by Crippen LogP contribution is 2.17. The Morgan fingerprint density at radius 2 is 1.78 bits per heavy atom. The predicted octanol–water partition coefficient (Wildman–Crippen LogP) is 3.61. The van der Waals surface area contributed by atoms with Crippen LogP contribution in [0.25, 0.3) is 11.8 Å². The van der Waals surface area contributed by atoms with E-state index in [4.69, 9.17) is 0 Å². The molecular weight excluding hydrogens is 293 g/mol. The van der Waals surface area contributed by atoms with Gasteiger partial charge in [0, 0.05) is 5.56 Å². The zero-order valence-electron chi connectivity index (χ0n) is 12.5. The van der Waals surface area contributed by atoms with Crippen LogP contribution in [-0.4, -0.2) is 20.5 Å². The standard InChI is InChI=1S/C18H14FN3O/c1-13-2-6-15(7-3-13)18(23)17(22-12-20-11-21-22)10-14-4-8-16(19)9-5-14/h2-12H,1H3/b17-10-.